The number of amides is 1. The molecule has 0 fully saturated rings. The third kappa shape index (κ3) is 3.04. The highest BCUT2D eigenvalue weighted by atomic mass is 32.1. The molecule has 2 nitrogen and oxygen atoms in total. The van der Waals surface area contributed by atoms with Gasteiger partial charge >= 0.3 is 0 Å². The van der Waals surface area contributed by atoms with E-state index >= 15 is 0 Å². The molecular formula is C16H19NOS. The van der Waals surface area contributed by atoms with Gasteiger partial charge in [0.1, 0.15) is 0 Å². The molecule has 1 atom stereocenters. The first-order chi connectivity index (χ1) is 9.01. The first-order valence-corrected chi connectivity index (χ1v) is 7.29. The monoisotopic (exact) mass is 273 g/mol. The number of benzene rings is 1. The summed E-state index contributed by atoms with van der Waals surface area (Å²) < 4.78 is 0. The highest BCUT2D eigenvalue weighted by Crippen LogP contribution is 2.25. The number of thiophene rings is 1. The van der Waals surface area contributed by atoms with Crippen molar-refractivity contribution in [2.75, 3.05) is 0 Å². The van der Waals surface area contributed by atoms with Crippen molar-refractivity contribution in [2.45, 2.75) is 32.2 Å². The molecule has 1 amide bonds. The largest absolute Gasteiger partial charge is 0.348 e. The van der Waals surface area contributed by atoms with E-state index in [0.717, 1.165) is 5.56 Å². The van der Waals surface area contributed by atoms with Crippen molar-refractivity contribution in [3.05, 3.63) is 58.3 Å². The third-order valence-electron chi connectivity index (χ3n) is 3.38. The summed E-state index contributed by atoms with van der Waals surface area (Å²) in [6.45, 7) is 5.93. The summed E-state index contributed by atoms with van der Waals surface area (Å²) in [4.78, 5) is 13.6. The van der Waals surface area contributed by atoms with E-state index in [-0.39, 0.29) is 11.9 Å². The van der Waals surface area contributed by atoms with Crippen LogP contribution in [0, 0.1) is 0 Å². The molecule has 0 saturated carbocycles. The van der Waals surface area contributed by atoms with E-state index in [1.807, 2.05) is 68.6 Å². The molecule has 1 aromatic heterocycles. The molecule has 0 aliphatic rings. The van der Waals surface area contributed by atoms with E-state index < -0.39 is 5.41 Å². The Kier molecular flexibility index (Phi) is 4.05. The minimum absolute atomic E-state index is 0.0514. The molecule has 0 saturated heterocycles. The van der Waals surface area contributed by atoms with E-state index in [2.05, 4.69) is 5.32 Å². The van der Waals surface area contributed by atoms with Crippen LogP contribution in [0.3, 0.4) is 0 Å². The summed E-state index contributed by atoms with van der Waals surface area (Å²) in [5.74, 6) is 0.0552. The summed E-state index contributed by atoms with van der Waals surface area (Å²) in [5.41, 5.74) is 0.512. The SMILES string of the molecule is C[C@@H](NC(=O)C(C)(C)c1ccccc1)c1cccs1. The van der Waals surface area contributed by atoms with Gasteiger partial charge in [0.05, 0.1) is 11.5 Å². The van der Waals surface area contributed by atoms with Gasteiger partial charge in [-0.3, -0.25) is 4.79 Å². The molecule has 2 aromatic rings. The van der Waals surface area contributed by atoms with E-state index in [1.165, 1.54) is 4.88 Å². The van der Waals surface area contributed by atoms with Crippen LogP contribution < -0.4 is 5.32 Å². The van der Waals surface area contributed by atoms with Crippen molar-refractivity contribution in [3.63, 3.8) is 0 Å². The minimum atomic E-state index is -0.521. The topological polar surface area (TPSA) is 29.1 Å². The molecule has 19 heavy (non-hydrogen) atoms. The predicted molar refractivity (Wildman–Crippen MR) is 80.3 cm³/mol. The van der Waals surface area contributed by atoms with Crippen LogP contribution in [0.4, 0.5) is 0 Å². The maximum atomic E-state index is 12.5. The van der Waals surface area contributed by atoms with Crippen molar-refractivity contribution < 1.29 is 4.79 Å². The number of carbonyl (C=O) groups is 1. The highest BCUT2D eigenvalue weighted by molar-refractivity contribution is 7.10. The smallest absolute Gasteiger partial charge is 0.230 e. The fraction of sp³-hybridized carbons (Fsp3) is 0.312. The Labute approximate surface area is 118 Å². The number of hydrogen-bond donors (Lipinski definition) is 1. The summed E-state index contributed by atoms with van der Waals surface area (Å²) in [6.07, 6.45) is 0. The Hall–Kier alpha value is -1.61. The number of hydrogen-bond acceptors (Lipinski definition) is 2. The molecule has 1 aromatic carbocycles. The van der Waals surface area contributed by atoms with Gasteiger partial charge in [-0.2, -0.15) is 0 Å². The van der Waals surface area contributed by atoms with Gasteiger partial charge in [-0.05, 0) is 37.8 Å². The summed E-state index contributed by atoms with van der Waals surface area (Å²) in [7, 11) is 0. The molecule has 0 bridgehead atoms. The Bertz CT molecular complexity index is 531. The van der Waals surface area contributed by atoms with Crippen LogP contribution in [-0.2, 0) is 10.2 Å². The second kappa shape index (κ2) is 5.57. The van der Waals surface area contributed by atoms with E-state index in [1.54, 1.807) is 11.3 Å². The molecule has 1 heterocycles. The van der Waals surface area contributed by atoms with Gasteiger partial charge in [-0.1, -0.05) is 36.4 Å². The molecular weight excluding hydrogens is 254 g/mol. The maximum absolute atomic E-state index is 12.5. The lowest BCUT2D eigenvalue weighted by molar-refractivity contribution is -0.126. The van der Waals surface area contributed by atoms with E-state index in [0.29, 0.717) is 0 Å². The molecule has 0 spiro atoms. The average molecular weight is 273 g/mol. The van der Waals surface area contributed by atoms with Crippen LogP contribution >= 0.6 is 11.3 Å². The van der Waals surface area contributed by atoms with Crippen molar-refractivity contribution >= 4 is 17.2 Å². The lowest BCUT2D eigenvalue weighted by atomic mass is 9.83. The molecule has 2 rings (SSSR count). The first kappa shape index (κ1) is 13.8. The third-order valence-corrected chi connectivity index (χ3v) is 4.44. The number of rotatable bonds is 4. The van der Waals surface area contributed by atoms with Gasteiger partial charge in [0.25, 0.3) is 0 Å². The van der Waals surface area contributed by atoms with Crippen LogP contribution in [0.2, 0.25) is 0 Å². The summed E-state index contributed by atoms with van der Waals surface area (Å²) in [5, 5.41) is 5.12. The van der Waals surface area contributed by atoms with Gasteiger partial charge in [-0.15, -0.1) is 11.3 Å². The molecule has 0 radical (unpaired) electrons. The Balaban J connectivity index is 2.11. The zero-order valence-corrected chi connectivity index (χ0v) is 12.3. The van der Waals surface area contributed by atoms with Crippen LogP contribution in [0.1, 0.15) is 37.3 Å². The Morgan fingerprint density at radius 2 is 1.84 bits per heavy atom. The van der Waals surface area contributed by atoms with Crippen LogP contribution in [0.5, 0.6) is 0 Å². The first-order valence-electron chi connectivity index (χ1n) is 6.41. The van der Waals surface area contributed by atoms with Crippen molar-refractivity contribution in [1.29, 1.82) is 0 Å². The van der Waals surface area contributed by atoms with Crippen LogP contribution in [0.25, 0.3) is 0 Å². The standard InChI is InChI=1S/C16H19NOS/c1-12(14-10-7-11-19-14)17-15(18)16(2,3)13-8-5-4-6-9-13/h4-12H,1-3H3,(H,17,18)/t12-/m1/s1. The lowest BCUT2D eigenvalue weighted by Crippen LogP contribution is -2.41. The average Bonchev–Trinajstić information content (AvgIpc) is 2.93. The van der Waals surface area contributed by atoms with Gasteiger partial charge in [0.15, 0.2) is 0 Å². The van der Waals surface area contributed by atoms with Gasteiger partial charge in [0.2, 0.25) is 5.91 Å². The zero-order chi connectivity index (χ0) is 13.9. The van der Waals surface area contributed by atoms with Gasteiger partial charge in [0, 0.05) is 4.88 Å². The second-order valence-electron chi connectivity index (χ2n) is 5.20. The van der Waals surface area contributed by atoms with Crippen molar-refractivity contribution in [3.8, 4) is 0 Å². The van der Waals surface area contributed by atoms with E-state index in [4.69, 9.17) is 0 Å². The fourth-order valence-electron chi connectivity index (χ4n) is 1.97. The predicted octanol–water partition coefficient (Wildman–Crippen LogP) is 3.90. The molecule has 0 aliphatic carbocycles. The van der Waals surface area contributed by atoms with Crippen molar-refractivity contribution in [1.82, 2.24) is 5.32 Å². The number of carbonyl (C=O) groups excluding carboxylic acids is 1. The van der Waals surface area contributed by atoms with Gasteiger partial charge in [-0.25, -0.2) is 0 Å². The molecule has 3 heteroatoms. The molecule has 0 unspecified atom stereocenters. The Morgan fingerprint density at radius 1 is 1.16 bits per heavy atom. The van der Waals surface area contributed by atoms with Gasteiger partial charge < -0.3 is 5.32 Å². The highest BCUT2D eigenvalue weighted by Gasteiger charge is 2.30. The minimum Gasteiger partial charge on any atom is -0.348 e. The summed E-state index contributed by atoms with van der Waals surface area (Å²) in [6, 6.07) is 14.0. The molecule has 100 valence electrons. The fourth-order valence-corrected chi connectivity index (χ4v) is 2.71. The second-order valence-corrected chi connectivity index (χ2v) is 6.18. The zero-order valence-electron chi connectivity index (χ0n) is 11.5. The lowest BCUT2D eigenvalue weighted by Gasteiger charge is -2.26. The quantitative estimate of drug-likeness (QED) is 0.899. The summed E-state index contributed by atoms with van der Waals surface area (Å²) >= 11 is 1.66. The normalized spacial score (nSPS) is 13.0. The number of nitrogens with one attached hydrogen (secondary N) is 1. The Morgan fingerprint density at radius 3 is 2.42 bits per heavy atom. The van der Waals surface area contributed by atoms with Crippen LogP contribution in [-0.4, -0.2) is 5.91 Å². The van der Waals surface area contributed by atoms with E-state index in [9.17, 15) is 4.79 Å². The maximum Gasteiger partial charge on any atom is 0.230 e. The van der Waals surface area contributed by atoms with Crippen LogP contribution in [0.15, 0.2) is 47.8 Å². The molecule has 0 aliphatic heterocycles. The molecule has 1 N–H and O–H groups in total. The van der Waals surface area contributed by atoms with Crippen molar-refractivity contribution in [2.24, 2.45) is 0 Å².